The van der Waals surface area contributed by atoms with Gasteiger partial charge >= 0.3 is 0 Å². The molecule has 1 amide bonds. The molecule has 1 aromatic rings. The summed E-state index contributed by atoms with van der Waals surface area (Å²) in [7, 11) is -3.67. The number of carbonyl (C=O) groups excluding carboxylic acids is 1. The first-order chi connectivity index (χ1) is 13.3. The maximum Gasteiger partial charge on any atom is 0.262 e. The lowest BCUT2D eigenvalue weighted by Gasteiger charge is -2.38. The lowest BCUT2D eigenvalue weighted by molar-refractivity contribution is -0.138. The number of aromatic nitrogens is 2. The third-order valence-corrected chi connectivity index (χ3v) is 7.49. The molecule has 9 heteroatoms. The van der Waals surface area contributed by atoms with E-state index in [2.05, 4.69) is 16.8 Å². The average molecular weight is 412 g/mol. The Balaban J connectivity index is 1.64. The van der Waals surface area contributed by atoms with E-state index in [0.717, 1.165) is 45.6 Å². The number of hydrogen-bond donors (Lipinski definition) is 0. The summed E-state index contributed by atoms with van der Waals surface area (Å²) in [5.41, 5.74) is 0. The Kier molecular flexibility index (Phi) is 6.77. The second-order valence-electron chi connectivity index (χ2n) is 8.12. The molecule has 0 spiro atoms. The Morgan fingerprint density at radius 1 is 1.21 bits per heavy atom. The third-order valence-electron chi connectivity index (χ3n) is 5.74. The van der Waals surface area contributed by atoms with Crippen LogP contribution >= 0.6 is 0 Å². The Morgan fingerprint density at radius 2 is 1.93 bits per heavy atom. The summed E-state index contributed by atoms with van der Waals surface area (Å²) in [5.74, 6) is -0.155. The zero-order chi connectivity index (χ0) is 20.3. The smallest absolute Gasteiger partial charge is 0.262 e. The van der Waals surface area contributed by atoms with E-state index in [1.54, 1.807) is 17.1 Å². The second-order valence-corrected chi connectivity index (χ2v) is 10.0. The largest absolute Gasteiger partial charge is 0.340 e. The number of amides is 1. The number of rotatable bonds is 6. The van der Waals surface area contributed by atoms with Crippen LogP contribution in [0.5, 0.6) is 0 Å². The first-order valence-electron chi connectivity index (χ1n) is 10.4. The summed E-state index contributed by atoms with van der Waals surface area (Å²) in [6.07, 6.45) is 5.71. The molecule has 8 nitrogen and oxygen atoms in total. The molecule has 0 unspecified atom stereocenters. The summed E-state index contributed by atoms with van der Waals surface area (Å²) in [4.78, 5) is 21.4. The fourth-order valence-corrected chi connectivity index (χ4v) is 5.44. The van der Waals surface area contributed by atoms with Crippen molar-refractivity contribution in [1.82, 2.24) is 23.7 Å². The lowest BCUT2D eigenvalue weighted by Crippen LogP contribution is -2.53. The van der Waals surface area contributed by atoms with Gasteiger partial charge in [0, 0.05) is 51.5 Å². The molecule has 2 saturated heterocycles. The molecular weight excluding hydrogens is 378 g/mol. The molecule has 28 heavy (non-hydrogen) atoms. The van der Waals surface area contributed by atoms with Crippen molar-refractivity contribution in [3.8, 4) is 0 Å². The van der Waals surface area contributed by atoms with Crippen molar-refractivity contribution in [1.29, 1.82) is 0 Å². The molecule has 2 aliphatic rings. The maximum atomic E-state index is 13.0. The van der Waals surface area contributed by atoms with E-state index in [-0.39, 0.29) is 29.4 Å². The highest BCUT2D eigenvalue weighted by atomic mass is 32.2. The summed E-state index contributed by atoms with van der Waals surface area (Å²) in [6.45, 7) is 11.2. The highest BCUT2D eigenvalue weighted by molar-refractivity contribution is 7.89. The van der Waals surface area contributed by atoms with Crippen molar-refractivity contribution in [3.05, 3.63) is 12.5 Å². The van der Waals surface area contributed by atoms with Gasteiger partial charge in [-0.3, -0.25) is 9.69 Å². The fraction of sp³-hybridized carbons (Fsp3) is 0.789. The van der Waals surface area contributed by atoms with Gasteiger partial charge in [-0.25, -0.2) is 13.4 Å². The van der Waals surface area contributed by atoms with Gasteiger partial charge in [-0.05, 0) is 39.7 Å². The maximum absolute atomic E-state index is 13.0. The molecule has 0 aromatic carbocycles. The van der Waals surface area contributed by atoms with Crippen LogP contribution in [0.25, 0.3) is 0 Å². The van der Waals surface area contributed by atoms with E-state index in [9.17, 15) is 13.2 Å². The zero-order valence-electron chi connectivity index (χ0n) is 17.2. The van der Waals surface area contributed by atoms with Crippen LogP contribution in [0.3, 0.4) is 0 Å². The summed E-state index contributed by atoms with van der Waals surface area (Å²) in [5, 5.41) is 0.0717. The predicted octanol–water partition coefficient (Wildman–Crippen LogP) is 1.42. The summed E-state index contributed by atoms with van der Waals surface area (Å²) in [6, 6.07) is 0.151. The van der Waals surface area contributed by atoms with Crippen molar-refractivity contribution in [3.63, 3.8) is 0 Å². The fourth-order valence-electron chi connectivity index (χ4n) is 3.99. The van der Waals surface area contributed by atoms with Crippen molar-refractivity contribution < 1.29 is 13.2 Å². The van der Waals surface area contributed by atoms with Crippen LogP contribution in [0.4, 0.5) is 0 Å². The predicted molar refractivity (Wildman–Crippen MR) is 107 cm³/mol. The number of piperidine rings is 1. The topological polar surface area (TPSA) is 78.8 Å². The van der Waals surface area contributed by atoms with Gasteiger partial charge in [0.25, 0.3) is 10.0 Å². The van der Waals surface area contributed by atoms with Crippen molar-refractivity contribution in [2.75, 3.05) is 45.8 Å². The lowest BCUT2D eigenvalue weighted by atomic mass is 9.98. The van der Waals surface area contributed by atoms with E-state index in [4.69, 9.17) is 0 Å². The zero-order valence-corrected chi connectivity index (χ0v) is 18.1. The third kappa shape index (κ3) is 4.58. The van der Waals surface area contributed by atoms with Crippen molar-refractivity contribution in [2.45, 2.75) is 51.1 Å². The number of sulfonamides is 1. The quantitative estimate of drug-likeness (QED) is 0.707. The average Bonchev–Trinajstić information content (AvgIpc) is 3.20. The minimum atomic E-state index is -3.67. The minimum Gasteiger partial charge on any atom is -0.340 e. The van der Waals surface area contributed by atoms with Crippen LogP contribution in [-0.2, 0) is 14.8 Å². The van der Waals surface area contributed by atoms with Crippen LogP contribution in [0.15, 0.2) is 17.6 Å². The Bertz CT molecular complexity index is 768. The van der Waals surface area contributed by atoms with E-state index in [0.29, 0.717) is 13.0 Å². The van der Waals surface area contributed by atoms with E-state index < -0.39 is 10.0 Å². The summed E-state index contributed by atoms with van der Waals surface area (Å²) < 4.78 is 29.2. The number of hydrogen-bond acceptors (Lipinski definition) is 5. The highest BCUT2D eigenvalue weighted by Gasteiger charge is 2.36. The van der Waals surface area contributed by atoms with Crippen LogP contribution in [0.2, 0.25) is 0 Å². The summed E-state index contributed by atoms with van der Waals surface area (Å²) >= 11 is 0. The van der Waals surface area contributed by atoms with Crippen LogP contribution in [-0.4, -0.2) is 83.8 Å². The van der Waals surface area contributed by atoms with Crippen LogP contribution in [0, 0.1) is 5.92 Å². The Morgan fingerprint density at radius 3 is 2.54 bits per heavy atom. The molecule has 3 heterocycles. The molecule has 3 rings (SSSR count). The van der Waals surface area contributed by atoms with Crippen LogP contribution < -0.4 is 0 Å². The molecule has 0 bridgehead atoms. The van der Waals surface area contributed by atoms with Gasteiger partial charge in [-0.15, -0.1) is 0 Å². The molecule has 0 saturated carbocycles. The normalized spacial score (nSPS) is 22.7. The van der Waals surface area contributed by atoms with Gasteiger partial charge in [0.1, 0.15) is 0 Å². The SMILES string of the molecule is CCCN1CCN(C(=O)[C@H]2CCCN(S(=O)(=O)c3cn(C(C)C)cn3)C2)CC1. The van der Waals surface area contributed by atoms with Gasteiger partial charge in [0.15, 0.2) is 5.03 Å². The molecule has 0 N–H and O–H groups in total. The van der Waals surface area contributed by atoms with Gasteiger partial charge < -0.3 is 9.47 Å². The van der Waals surface area contributed by atoms with E-state index >= 15 is 0 Å². The molecule has 0 aliphatic carbocycles. The highest BCUT2D eigenvalue weighted by Crippen LogP contribution is 2.25. The Labute approximate surface area is 168 Å². The molecule has 0 radical (unpaired) electrons. The van der Waals surface area contributed by atoms with Crippen LogP contribution in [0.1, 0.15) is 46.1 Å². The molecule has 158 valence electrons. The number of imidazole rings is 1. The van der Waals surface area contributed by atoms with E-state index in [1.165, 1.54) is 4.31 Å². The monoisotopic (exact) mass is 411 g/mol. The van der Waals surface area contributed by atoms with Gasteiger partial charge in [0.2, 0.25) is 5.91 Å². The molecular formula is C19H33N5O3S. The minimum absolute atomic E-state index is 0.0717. The van der Waals surface area contributed by atoms with Crippen molar-refractivity contribution in [2.24, 2.45) is 5.92 Å². The number of carbonyl (C=O) groups is 1. The molecule has 2 fully saturated rings. The molecule has 2 aliphatic heterocycles. The van der Waals surface area contributed by atoms with E-state index in [1.807, 2.05) is 18.7 Å². The molecule has 1 aromatic heterocycles. The number of piperazine rings is 1. The van der Waals surface area contributed by atoms with Gasteiger partial charge in [-0.2, -0.15) is 4.31 Å². The van der Waals surface area contributed by atoms with Gasteiger partial charge in [0.05, 0.1) is 12.2 Å². The first-order valence-corrected chi connectivity index (χ1v) is 11.8. The first kappa shape index (κ1) is 21.3. The van der Waals surface area contributed by atoms with Crippen molar-refractivity contribution >= 4 is 15.9 Å². The second kappa shape index (κ2) is 8.92. The Hall–Kier alpha value is -1.45. The standard InChI is InChI=1S/C19H33N5O3S/c1-4-7-21-9-11-22(12-10-21)19(25)17-6-5-8-24(13-17)28(26,27)18-14-23(15-20-18)16(2)3/h14-17H,4-13H2,1-3H3/t17-/m0/s1. The van der Waals surface area contributed by atoms with Gasteiger partial charge in [-0.1, -0.05) is 6.92 Å². The number of nitrogens with zero attached hydrogens (tertiary/aromatic N) is 5. The molecule has 1 atom stereocenters.